The summed E-state index contributed by atoms with van der Waals surface area (Å²) >= 11 is 0. The van der Waals surface area contributed by atoms with Crippen molar-refractivity contribution in [1.29, 1.82) is 0 Å². The Hall–Kier alpha value is -4.35. The molecule has 38 heavy (non-hydrogen) atoms. The van der Waals surface area contributed by atoms with Gasteiger partial charge in [-0.25, -0.2) is 0 Å². The Balaban J connectivity index is 1.80. The molecule has 0 N–H and O–H groups in total. The van der Waals surface area contributed by atoms with E-state index >= 15 is 0 Å². The van der Waals surface area contributed by atoms with E-state index in [0.29, 0.717) is 0 Å². The lowest BCUT2D eigenvalue weighted by Gasteiger charge is -2.44. The van der Waals surface area contributed by atoms with Crippen molar-refractivity contribution in [2.75, 3.05) is 0 Å². The van der Waals surface area contributed by atoms with Crippen molar-refractivity contribution in [2.24, 2.45) is 0 Å². The highest BCUT2D eigenvalue weighted by atomic mass is 28.3. The summed E-state index contributed by atoms with van der Waals surface area (Å²) in [6.07, 6.45) is 6.12. The Labute approximate surface area is 224 Å². The van der Waals surface area contributed by atoms with Gasteiger partial charge in [0.2, 0.25) is 0 Å². The maximum Gasteiger partial charge on any atom is 0.269 e. The number of hydrogen-bond donors (Lipinski definition) is 0. The summed E-state index contributed by atoms with van der Waals surface area (Å²) in [4.78, 5) is 15.9. The number of nitrogens with zero attached hydrogens (tertiary/aromatic N) is 2. The zero-order valence-corrected chi connectivity index (χ0v) is 22.8. The van der Waals surface area contributed by atoms with Gasteiger partial charge in [-0.2, -0.15) is 0 Å². The smallest absolute Gasteiger partial charge is 0.265 e. The zero-order chi connectivity index (χ0) is 26.8. The van der Waals surface area contributed by atoms with Crippen LogP contribution in [0.2, 0.25) is 5.04 Å². The number of nitro benzene ring substituents is 1. The Kier molecular flexibility index (Phi) is 6.78. The summed E-state index contributed by atoms with van der Waals surface area (Å²) in [5.74, 6) is 0. The Morgan fingerprint density at radius 1 is 0.763 bits per heavy atom. The molecule has 4 aromatic carbocycles. The molecule has 1 heterocycles. The van der Waals surface area contributed by atoms with Gasteiger partial charge in [-0.1, -0.05) is 112 Å². The monoisotopic (exact) mass is 514 g/mol. The first kappa shape index (κ1) is 25.3. The van der Waals surface area contributed by atoms with E-state index in [0.717, 1.165) is 16.4 Å². The highest BCUT2D eigenvalue weighted by Crippen LogP contribution is 2.37. The molecule has 0 aliphatic heterocycles. The third kappa shape index (κ3) is 4.46. The number of nitro groups is 1. The van der Waals surface area contributed by atoms with E-state index in [2.05, 4.69) is 112 Å². The van der Waals surface area contributed by atoms with Crippen LogP contribution in [0.1, 0.15) is 31.9 Å². The lowest BCUT2D eigenvalue weighted by Crippen LogP contribution is -2.73. The van der Waals surface area contributed by atoms with Crippen LogP contribution in [0, 0.1) is 10.1 Å². The van der Waals surface area contributed by atoms with Crippen molar-refractivity contribution in [3.05, 3.63) is 137 Å². The molecular formula is C33H30N2O2Si. The minimum Gasteiger partial charge on any atom is -0.265 e. The average molecular weight is 515 g/mol. The molecule has 0 spiro atoms. The normalized spacial score (nSPS) is 13.4. The van der Waals surface area contributed by atoms with E-state index in [-0.39, 0.29) is 15.6 Å². The van der Waals surface area contributed by atoms with Crippen LogP contribution in [0.3, 0.4) is 0 Å². The second-order valence-electron chi connectivity index (χ2n) is 10.5. The largest absolute Gasteiger partial charge is 0.269 e. The molecule has 0 amide bonds. The molecule has 4 nitrogen and oxygen atoms in total. The number of hydrogen-bond acceptors (Lipinski definition) is 3. The minimum atomic E-state index is -2.75. The summed E-state index contributed by atoms with van der Waals surface area (Å²) in [5, 5.41) is 17.1. The van der Waals surface area contributed by atoms with Crippen LogP contribution in [0.25, 0.3) is 22.9 Å². The van der Waals surface area contributed by atoms with Crippen molar-refractivity contribution in [3.63, 3.8) is 0 Å². The summed E-state index contributed by atoms with van der Waals surface area (Å²) in [5.41, 5.74) is 2.13. The van der Waals surface area contributed by atoms with E-state index < -0.39 is 8.07 Å². The molecule has 0 aliphatic carbocycles. The van der Waals surface area contributed by atoms with Crippen molar-refractivity contribution >= 4 is 52.4 Å². The molecule has 0 saturated carbocycles. The van der Waals surface area contributed by atoms with Crippen molar-refractivity contribution < 1.29 is 4.92 Å². The molecule has 5 heteroatoms. The van der Waals surface area contributed by atoms with Gasteiger partial charge in [0, 0.05) is 23.6 Å². The molecule has 0 radical (unpaired) electrons. The van der Waals surface area contributed by atoms with E-state index in [4.69, 9.17) is 4.98 Å². The van der Waals surface area contributed by atoms with Gasteiger partial charge >= 0.3 is 0 Å². The first-order chi connectivity index (χ1) is 18.3. The Morgan fingerprint density at radius 3 is 2.13 bits per heavy atom. The lowest BCUT2D eigenvalue weighted by molar-refractivity contribution is -0.384. The first-order valence-corrected chi connectivity index (χ1v) is 14.7. The van der Waals surface area contributed by atoms with Gasteiger partial charge in [0.1, 0.15) is 0 Å². The van der Waals surface area contributed by atoms with Gasteiger partial charge in [-0.15, -0.1) is 0 Å². The van der Waals surface area contributed by atoms with Gasteiger partial charge in [-0.05, 0) is 55.5 Å². The fourth-order valence-electron chi connectivity index (χ4n) is 5.60. The van der Waals surface area contributed by atoms with Gasteiger partial charge in [0.15, 0.2) is 8.07 Å². The number of non-ortho nitro benzene ring substituents is 1. The molecule has 0 bridgehead atoms. The molecule has 0 saturated heterocycles. The van der Waals surface area contributed by atoms with E-state index in [9.17, 15) is 10.1 Å². The predicted octanol–water partition coefficient (Wildman–Crippen LogP) is 6.58. The van der Waals surface area contributed by atoms with E-state index in [1.807, 2.05) is 12.3 Å². The van der Waals surface area contributed by atoms with Crippen LogP contribution in [0.4, 0.5) is 5.69 Å². The summed E-state index contributed by atoms with van der Waals surface area (Å²) in [6, 6.07) is 36.8. The molecule has 0 fully saturated rings. The second kappa shape index (κ2) is 10.2. The predicted molar refractivity (Wildman–Crippen MR) is 161 cm³/mol. The Morgan fingerprint density at radius 2 is 1.42 bits per heavy atom. The third-order valence-corrected chi connectivity index (χ3v) is 13.1. The molecule has 1 atom stereocenters. The maximum atomic E-state index is 11.1. The van der Waals surface area contributed by atoms with Gasteiger partial charge in [-0.3, -0.25) is 15.1 Å². The number of pyridine rings is 1. The standard InChI is InChI=1S/C33H30N2O2Si/c1-33(2,3)38(29-13-5-4-6-14-29,32-30-15-9-7-11-26(30)23-24-34-32)31-16-10-8-12-27(31)20-17-25-18-21-28(22-19-25)35(36)37/h4-24H,1-3H3/b20-17+/t38-/m1/s1. The van der Waals surface area contributed by atoms with E-state index in [1.165, 1.54) is 21.1 Å². The fraction of sp³-hybridized carbons (Fsp3) is 0.121. The van der Waals surface area contributed by atoms with Crippen LogP contribution < -0.4 is 15.7 Å². The minimum absolute atomic E-state index is 0.0906. The number of rotatable bonds is 6. The van der Waals surface area contributed by atoms with Crippen LogP contribution in [0.5, 0.6) is 0 Å². The lowest BCUT2D eigenvalue weighted by atomic mass is 10.1. The first-order valence-electron chi connectivity index (χ1n) is 12.7. The van der Waals surface area contributed by atoms with Gasteiger partial charge in [0.25, 0.3) is 5.69 Å². The van der Waals surface area contributed by atoms with Crippen LogP contribution in [-0.2, 0) is 0 Å². The molecule has 5 rings (SSSR count). The second-order valence-corrected chi connectivity index (χ2v) is 15.1. The third-order valence-electron chi connectivity index (χ3n) is 7.28. The molecule has 0 unspecified atom stereocenters. The van der Waals surface area contributed by atoms with E-state index in [1.54, 1.807) is 24.3 Å². The molecule has 188 valence electrons. The number of benzene rings is 4. The zero-order valence-electron chi connectivity index (χ0n) is 21.8. The highest BCUT2D eigenvalue weighted by Gasteiger charge is 2.52. The number of fused-ring (bicyclic) bond motifs is 1. The fourth-order valence-corrected chi connectivity index (χ4v) is 11.4. The molecule has 0 aliphatic rings. The molecular weight excluding hydrogens is 484 g/mol. The maximum absolute atomic E-state index is 11.1. The van der Waals surface area contributed by atoms with Crippen LogP contribution in [0.15, 0.2) is 115 Å². The summed E-state index contributed by atoms with van der Waals surface area (Å²) in [7, 11) is -2.75. The van der Waals surface area contributed by atoms with Gasteiger partial charge < -0.3 is 0 Å². The SMILES string of the molecule is CC(C)(C)[Si@](c1ccccc1)(c1ccccc1/C=C/c1ccc([N+](=O)[O-])cc1)c1nccc2ccccc12. The summed E-state index contributed by atoms with van der Waals surface area (Å²) in [6.45, 7) is 7.02. The number of aromatic nitrogens is 1. The van der Waals surface area contributed by atoms with Crippen LogP contribution >= 0.6 is 0 Å². The molecule has 5 aromatic rings. The van der Waals surface area contributed by atoms with Crippen molar-refractivity contribution in [1.82, 2.24) is 4.98 Å². The quantitative estimate of drug-likeness (QED) is 0.111. The van der Waals surface area contributed by atoms with Gasteiger partial charge in [0.05, 0.1) is 4.92 Å². The van der Waals surface area contributed by atoms with Crippen molar-refractivity contribution in [3.8, 4) is 0 Å². The molecule has 1 aromatic heterocycles. The average Bonchev–Trinajstić information content (AvgIpc) is 2.93. The van der Waals surface area contributed by atoms with Crippen LogP contribution in [-0.4, -0.2) is 18.0 Å². The topological polar surface area (TPSA) is 56.0 Å². The van der Waals surface area contributed by atoms with Crippen molar-refractivity contribution in [2.45, 2.75) is 25.8 Å². The Bertz CT molecular complexity index is 1620. The highest BCUT2D eigenvalue weighted by molar-refractivity contribution is 7.14. The summed E-state index contributed by atoms with van der Waals surface area (Å²) < 4.78 is 0.